The van der Waals surface area contributed by atoms with E-state index in [0.29, 0.717) is 19.7 Å². The minimum atomic E-state index is -0.475. The van der Waals surface area contributed by atoms with Gasteiger partial charge in [0, 0.05) is 40.3 Å². The number of halogens is 1. The normalized spacial score (nSPS) is 15.4. The molecule has 10 nitrogen and oxygen atoms in total. The monoisotopic (exact) mass is 551 g/mol. The zero-order chi connectivity index (χ0) is 22.1. The average molecular weight is 551 g/mol. The highest BCUT2D eigenvalue weighted by molar-refractivity contribution is 14.0. The summed E-state index contributed by atoms with van der Waals surface area (Å²) in [5.74, 6) is 2.64. The van der Waals surface area contributed by atoms with Gasteiger partial charge in [0.05, 0.1) is 12.6 Å². The Morgan fingerprint density at radius 3 is 2.45 bits per heavy atom. The van der Waals surface area contributed by atoms with Gasteiger partial charge in [-0.15, -0.1) is 34.2 Å². The van der Waals surface area contributed by atoms with Crippen molar-refractivity contribution in [2.45, 2.75) is 65.2 Å². The smallest absolute Gasteiger partial charge is 0.407 e. The quantitative estimate of drug-likeness (QED) is 0.232. The van der Waals surface area contributed by atoms with E-state index in [9.17, 15) is 4.79 Å². The Labute approximate surface area is 202 Å². The molecule has 31 heavy (non-hydrogen) atoms. The molecule has 0 saturated carbocycles. The lowest BCUT2D eigenvalue weighted by Gasteiger charge is -2.34. The zero-order valence-corrected chi connectivity index (χ0v) is 21.9. The summed E-state index contributed by atoms with van der Waals surface area (Å²) in [6.07, 6.45) is 2.51. The van der Waals surface area contributed by atoms with Crippen molar-refractivity contribution in [3.05, 3.63) is 11.6 Å². The second-order valence-corrected chi connectivity index (χ2v) is 8.46. The van der Waals surface area contributed by atoms with Crippen molar-refractivity contribution in [1.82, 2.24) is 30.3 Å². The number of nitrogens with one attached hydrogen (secondary N) is 2. The summed E-state index contributed by atoms with van der Waals surface area (Å²) in [5, 5.41) is 14.4. The van der Waals surface area contributed by atoms with Crippen LogP contribution in [-0.2, 0) is 23.1 Å². The summed E-state index contributed by atoms with van der Waals surface area (Å²) >= 11 is 0. The predicted octanol–water partition coefficient (Wildman–Crippen LogP) is 2.21. The molecule has 11 heteroatoms. The van der Waals surface area contributed by atoms with Crippen LogP contribution in [0.1, 0.15) is 51.7 Å². The molecule has 0 aromatic carbocycles. The predicted molar refractivity (Wildman–Crippen MR) is 131 cm³/mol. The number of aryl methyl sites for hydroxylation is 1. The Kier molecular flexibility index (Phi) is 11.5. The number of carbonyl (C=O) groups is 1. The number of carbonyl (C=O) groups excluding carboxylic acids is 1. The van der Waals surface area contributed by atoms with Crippen molar-refractivity contribution in [3.8, 4) is 0 Å². The highest BCUT2D eigenvalue weighted by atomic mass is 127. The van der Waals surface area contributed by atoms with Crippen molar-refractivity contribution in [1.29, 1.82) is 0 Å². The van der Waals surface area contributed by atoms with Gasteiger partial charge in [-0.1, -0.05) is 0 Å². The first kappa shape index (κ1) is 27.4. The average Bonchev–Trinajstić information content (AvgIpc) is 3.00. The number of hydrogen-bond donors (Lipinski definition) is 2. The van der Waals surface area contributed by atoms with Crippen LogP contribution in [0.2, 0.25) is 0 Å². The first-order valence-electron chi connectivity index (χ1n) is 10.6. The van der Waals surface area contributed by atoms with Gasteiger partial charge in [-0.3, -0.25) is 4.99 Å². The van der Waals surface area contributed by atoms with E-state index in [1.807, 2.05) is 39.3 Å². The number of guanidine groups is 1. The highest BCUT2D eigenvalue weighted by Gasteiger charge is 2.22. The van der Waals surface area contributed by atoms with Crippen LogP contribution in [0.5, 0.6) is 0 Å². The first-order valence-corrected chi connectivity index (χ1v) is 10.6. The number of piperidine rings is 1. The highest BCUT2D eigenvalue weighted by Crippen LogP contribution is 2.14. The molecular formula is C20H38IN7O3. The third-order valence-electron chi connectivity index (χ3n) is 4.88. The summed E-state index contributed by atoms with van der Waals surface area (Å²) in [5.41, 5.74) is -0.475. The number of amides is 1. The van der Waals surface area contributed by atoms with Crippen LogP contribution in [0.25, 0.3) is 0 Å². The molecule has 1 fully saturated rings. The molecule has 178 valence electrons. The Balaban J connectivity index is 0.00000480. The van der Waals surface area contributed by atoms with E-state index in [2.05, 4.69) is 30.7 Å². The molecule has 2 rings (SSSR count). The van der Waals surface area contributed by atoms with Gasteiger partial charge in [0.25, 0.3) is 0 Å². The maximum absolute atomic E-state index is 11.6. The molecule has 0 bridgehead atoms. The van der Waals surface area contributed by atoms with Gasteiger partial charge in [-0.2, -0.15) is 0 Å². The lowest BCUT2D eigenvalue weighted by Crippen LogP contribution is -2.47. The minimum absolute atomic E-state index is 0. The Morgan fingerprint density at radius 1 is 1.23 bits per heavy atom. The van der Waals surface area contributed by atoms with E-state index in [1.54, 1.807) is 7.05 Å². The SMILES string of the molecule is CN=C(NCc1nnc(C)n1C)N1CCC(OCCCNC(=O)OC(C)(C)C)CC1.I. The summed E-state index contributed by atoms with van der Waals surface area (Å²) in [7, 11) is 3.76. The van der Waals surface area contributed by atoms with Gasteiger partial charge in [0.2, 0.25) is 0 Å². The maximum atomic E-state index is 11.6. The van der Waals surface area contributed by atoms with Crippen LogP contribution in [-0.4, -0.2) is 76.7 Å². The number of ether oxygens (including phenoxy) is 2. The molecule has 1 amide bonds. The van der Waals surface area contributed by atoms with Crippen molar-refractivity contribution in [2.75, 3.05) is 33.3 Å². The molecule has 0 spiro atoms. The first-order chi connectivity index (χ1) is 14.2. The molecule has 1 saturated heterocycles. The molecular weight excluding hydrogens is 513 g/mol. The fourth-order valence-corrected chi connectivity index (χ4v) is 3.16. The zero-order valence-electron chi connectivity index (χ0n) is 19.6. The fourth-order valence-electron chi connectivity index (χ4n) is 3.16. The van der Waals surface area contributed by atoms with E-state index in [4.69, 9.17) is 9.47 Å². The number of likely N-dealkylation sites (tertiary alicyclic amines) is 1. The van der Waals surface area contributed by atoms with Crippen molar-refractivity contribution in [2.24, 2.45) is 12.0 Å². The number of aliphatic imine (C=N–C) groups is 1. The van der Waals surface area contributed by atoms with Gasteiger partial charge in [0.15, 0.2) is 11.8 Å². The number of nitrogens with zero attached hydrogens (tertiary/aromatic N) is 5. The van der Waals surface area contributed by atoms with E-state index >= 15 is 0 Å². The standard InChI is InChI=1S/C20H37N7O3.HI/c1-15-24-25-17(26(15)6)14-23-18(21-5)27-11-8-16(9-12-27)29-13-7-10-22-19(28)30-20(2,3)4;/h16H,7-14H2,1-6H3,(H,21,23)(H,22,28);1H. The fraction of sp³-hybridized carbons (Fsp3) is 0.800. The van der Waals surface area contributed by atoms with E-state index < -0.39 is 5.60 Å². The third-order valence-corrected chi connectivity index (χ3v) is 4.88. The molecule has 1 aliphatic heterocycles. The van der Waals surface area contributed by atoms with Gasteiger partial charge in [-0.05, 0) is 47.0 Å². The number of rotatable bonds is 7. The summed E-state index contributed by atoms with van der Waals surface area (Å²) in [4.78, 5) is 18.3. The molecule has 2 heterocycles. The van der Waals surface area contributed by atoms with Crippen LogP contribution in [0.15, 0.2) is 4.99 Å². The molecule has 0 radical (unpaired) electrons. The Hall–Kier alpha value is -1.63. The van der Waals surface area contributed by atoms with Crippen LogP contribution >= 0.6 is 24.0 Å². The Morgan fingerprint density at radius 2 is 1.90 bits per heavy atom. The number of alkyl carbamates (subject to hydrolysis) is 1. The van der Waals surface area contributed by atoms with Gasteiger partial charge in [0.1, 0.15) is 11.4 Å². The second kappa shape index (κ2) is 13.0. The van der Waals surface area contributed by atoms with Crippen LogP contribution < -0.4 is 10.6 Å². The minimum Gasteiger partial charge on any atom is -0.444 e. The lowest BCUT2D eigenvalue weighted by molar-refractivity contribution is 0.0170. The topological polar surface area (TPSA) is 106 Å². The molecule has 0 aliphatic carbocycles. The van der Waals surface area contributed by atoms with E-state index in [0.717, 1.165) is 50.0 Å². The molecule has 1 aliphatic rings. The number of aromatic nitrogens is 3. The maximum Gasteiger partial charge on any atom is 0.407 e. The number of hydrogen-bond acceptors (Lipinski definition) is 6. The van der Waals surface area contributed by atoms with Crippen molar-refractivity contribution >= 4 is 36.0 Å². The van der Waals surface area contributed by atoms with Gasteiger partial charge in [-0.25, -0.2) is 4.79 Å². The second-order valence-electron chi connectivity index (χ2n) is 8.46. The van der Waals surface area contributed by atoms with Crippen LogP contribution in [0.4, 0.5) is 4.79 Å². The van der Waals surface area contributed by atoms with Gasteiger partial charge >= 0.3 is 6.09 Å². The van der Waals surface area contributed by atoms with Crippen molar-refractivity contribution in [3.63, 3.8) is 0 Å². The summed E-state index contributed by atoms with van der Waals surface area (Å²) in [6.45, 7) is 11.0. The molecule has 0 atom stereocenters. The van der Waals surface area contributed by atoms with E-state index in [1.165, 1.54) is 0 Å². The third kappa shape index (κ3) is 9.58. The van der Waals surface area contributed by atoms with Crippen LogP contribution in [0, 0.1) is 6.92 Å². The van der Waals surface area contributed by atoms with Gasteiger partial charge < -0.3 is 29.6 Å². The molecule has 1 aromatic heterocycles. The Bertz CT molecular complexity index is 710. The largest absolute Gasteiger partial charge is 0.444 e. The molecule has 1 aromatic rings. The summed E-state index contributed by atoms with van der Waals surface area (Å²) in [6, 6.07) is 0. The summed E-state index contributed by atoms with van der Waals surface area (Å²) < 4.78 is 13.2. The molecule has 0 unspecified atom stereocenters. The lowest BCUT2D eigenvalue weighted by atomic mass is 10.1. The molecule has 2 N–H and O–H groups in total. The van der Waals surface area contributed by atoms with Crippen LogP contribution in [0.3, 0.4) is 0 Å². The van der Waals surface area contributed by atoms with E-state index in [-0.39, 0.29) is 36.2 Å². The van der Waals surface area contributed by atoms with Crippen molar-refractivity contribution < 1.29 is 14.3 Å².